The number of carbonyl (C=O) groups excluding carboxylic acids is 4. The molecule has 0 bridgehead atoms. The maximum Gasteiger partial charge on any atom is 0.326 e. The number of carboxylic acid groups (broad SMARTS) is 2. The predicted octanol–water partition coefficient (Wildman–Crippen LogP) is -1.85. The van der Waals surface area contributed by atoms with Crippen LogP contribution in [0.5, 0.6) is 0 Å². The van der Waals surface area contributed by atoms with Crippen molar-refractivity contribution in [3.05, 3.63) is 0 Å². The molecule has 33 heavy (non-hydrogen) atoms. The lowest BCUT2D eigenvalue weighted by molar-refractivity contribution is -0.149. The third-order valence-corrected chi connectivity index (χ3v) is 5.68. The summed E-state index contributed by atoms with van der Waals surface area (Å²) in [5.41, 5.74) is 11.1. The molecule has 1 fully saturated rings. The van der Waals surface area contributed by atoms with E-state index in [1.807, 2.05) is 6.92 Å². The van der Waals surface area contributed by atoms with E-state index in [2.05, 4.69) is 10.6 Å². The van der Waals surface area contributed by atoms with E-state index in [1.165, 1.54) is 0 Å². The summed E-state index contributed by atoms with van der Waals surface area (Å²) in [4.78, 5) is 73.2. The molecule has 0 aromatic carbocycles. The van der Waals surface area contributed by atoms with E-state index in [4.69, 9.17) is 16.6 Å². The number of likely N-dealkylation sites (tertiary alicyclic amines) is 1. The Balaban J connectivity index is 3.04. The second-order valence-corrected chi connectivity index (χ2v) is 8.16. The van der Waals surface area contributed by atoms with Gasteiger partial charge < -0.3 is 37.2 Å². The van der Waals surface area contributed by atoms with Crippen molar-refractivity contribution < 1.29 is 39.0 Å². The summed E-state index contributed by atoms with van der Waals surface area (Å²) in [6, 6.07) is -4.86. The van der Waals surface area contributed by atoms with Crippen molar-refractivity contribution in [3.63, 3.8) is 0 Å². The molecule has 5 unspecified atom stereocenters. The van der Waals surface area contributed by atoms with Gasteiger partial charge in [0.25, 0.3) is 0 Å². The molecule has 1 heterocycles. The number of nitrogens with two attached hydrogens (primary N) is 2. The number of nitrogens with zero attached hydrogens (tertiary/aromatic N) is 1. The van der Waals surface area contributed by atoms with Crippen molar-refractivity contribution in [3.8, 4) is 0 Å². The monoisotopic (exact) mass is 471 g/mol. The van der Waals surface area contributed by atoms with E-state index < -0.39 is 72.6 Å². The molecule has 0 radical (unpaired) electrons. The summed E-state index contributed by atoms with van der Waals surface area (Å²) in [6.07, 6.45) is -0.0960. The largest absolute Gasteiger partial charge is 0.481 e. The van der Waals surface area contributed by atoms with Crippen molar-refractivity contribution in [2.75, 3.05) is 6.54 Å². The molecule has 0 aromatic rings. The fraction of sp³-hybridized carbons (Fsp3) is 0.700. The zero-order chi connectivity index (χ0) is 25.3. The number of hydrogen-bond acceptors (Lipinski definition) is 7. The Morgan fingerprint density at radius 1 is 1.06 bits per heavy atom. The van der Waals surface area contributed by atoms with Crippen molar-refractivity contribution in [1.82, 2.24) is 15.5 Å². The summed E-state index contributed by atoms with van der Waals surface area (Å²) in [6.45, 7) is 3.70. The number of carboxylic acids is 2. The Kier molecular flexibility index (Phi) is 10.7. The Hall–Kier alpha value is -3.22. The minimum Gasteiger partial charge on any atom is -0.481 e. The van der Waals surface area contributed by atoms with Crippen LogP contribution in [0.15, 0.2) is 0 Å². The van der Waals surface area contributed by atoms with E-state index in [1.54, 1.807) is 6.92 Å². The number of rotatable bonds is 13. The predicted molar refractivity (Wildman–Crippen MR) is 114 cm³/mol. The van der Waals surface area contributed by atoms with Crippen LogP contribution in [0.2, 0.25) is 0 Å². The minimum atomic E-state index is -1.47. The quantitative estimate of drug-likeness (QED) is 0.177. The summed E-state index contributed by atoms with van der Waals surface area (Å²) in [7, 11) is 0. The van der Waals surface area contributed by atoms with Crippen LogP contribution in [0.25, 0.3) is 0 Å². The van der Waals surface area contributed by atoms with Gasteiger partial charge in [0.1, 0.15) is 18.1 Å². The number of hydrogen-bond donors (Lipinski definition) is 6. The van der Waals surface area contributed by atoms with Gasteiger partial charge in [0.15, 0.2) is 0 Å². The fourth-order valence-electron chi connectivity index (χ4n) is 3.48. The van der Waals surface area contributed by atoms with E-state index in [0.29, 0.717) is 12.8 Å². The molecule has 0 saturated carbocycles. The van der Waals surface area contributed by atoms with Crippen LogP contribution in [0.4, 0.5) is 0 Å². The molecule has 1 aliphatic heterocycles. The minimum absolute atomic E-state index is 0.129. The zero-order valence-corrected chi connectivity index (χ0v) is 18.8. The van der Waals surface area contributed by atoms with E-state index in [0.717, 1.165) is 4.90 Å². The van der Waals surface area contributed by atoms with Gasteiger partial charge in [-0.05, 0) is 25.2 Å². The molecule has 0 aromatic heterocycles. The van der Waals surface area contributed by atoms with Gasteiger partial charge in [-0.2, -0.15) is 0 Å². The number of nitrogens with one attached hydrogen (secondary N) is 2. The molecule has 0 spiro atoms. The smallest absolute Gasteiger partial charge is 0.326 e. The number of amides is 4. The first kappa shape index (κ1) is 27.8. The summed E-state index contributed by atoms with van der Waals surface area (Å²) in [5.74, 6) is -5.92. The number of primary amides is 1. The average molecular weight is 472 g/mol. The maximum absolute atomic E-state index is 12.9. The lowest BCUT2D eigenvalue weighted by Crippen LogP contribution is -2.58. The van der Waals surface area contributed by atoms with E-state index in [-0.39, 0.29) is 25.3 Å². The first-order chi connectivity index (χ1) is 15.4. The van der Waals surface area contributed by atoms with Crippen LogP contribution in [-0.4, -0.2) is 81.4 Å². The summed E-state index contributed by atoms with van der Waals surface area (Å²) >= 11 is 0. The molecule has 4 amide bonds. The van der Waals surface area contributed by atoms with Crippen molar-refractivity contribution in [2.45, 2.75) is 76.5 Å². The topological polar surface area (TPSA) is 222 Å². The molecular formula is C20H33N5O8. The second kappa shape index (κ2) is 12.7. The van der Waals surface area contributed by atoms with Crippen molar-refractivity contribution in [2.24, 2.45) is 17.4 Å². The van der Waals surface area contributed by atoms with Gasteiger partial charge >= 0.3 is 11.9 Å². The third kappa shape index (κ3) is 8.33. The van der Waals surface area contributed by atoms with E-state index in [9.17, 15) is 33.9 Å². The van der Waals surface area contributed by atoms with Crippen LogP contribution in [-0.2, 0) is 28.8 Å². The van der Waals surface area contributed by atoms with Crippen molar-refractivity contribution in [1.29, 1.82) is 0 Å². The Morgan fingerprint density at radius 3 is 2.18 bits per heavy atom. The molecule has 1 aliphatic rings. The summed E-state index contributed by atoms with van der Waals surface area (Å²) < 4.78 is 0. The highest BCUT2D eigenvalue weighted by Crippen LogP contribution is 2.19. The maximum atomic E-state index is 12.9. The first-order valence-corrected chi connectivity index (χ1v) is 10.8. The lowest BCUT2D eigenvalue weighted by Gasteiger charge is -2.28. The second-order valence-electron chi connectivity index (χ2n) is 8.16. The SMILES string of the molecule is CCC(C)C(N)C(=O)NC(CCC(=O)O)C(=O)NC(CC(N)=O)C(=O)N1CCCC1C(=O)O. The third-order valence-electron chi connectivity index (χ3n) is 5.68. The van der Waals surface area contributed by atoms with Gasteiger partial charge in [0, 0.05) is 13.0 Å². The molecular weight excluding hydrogens is 438 g/mol. The molecule has 13 heteroatoms. The van der Waals surface area contributed by atoms with Gasteiger partial charge in [-0.25, -0.2) is 4.79 Å². The van der Waals surface area contributed by atoms with E-state index >= 15 is 0 Å². The highest BCUT2D eigenvalue weighted by molar-refractivity contribution is 5.96. The van der Waals surface area contributed by atoms with Gasteiger partial charge in [-0.1, -0.05) is 20.3 Å². The molecule has 0 aliphatic carbocycles. The van der Waals surface area contributed by atoms with Gasteiger partial charge in [0.05, 0.1) is 12.5 Å². The fourth-order valence-corrected chi connectivity index (χ4v) is 3.48. The molecule has 8 N–H and O–H groups in total. The normalized spacial score (nSPS) is 19.1. The standard InChI is InChI=1S/C20H33N5O8/c1-3-10(2)16(22)18(30)23-11(6-7-15(27)28)17(29)24-12(9-14(21)26)19(31)25-8-4-5-13(25)20(32)33/h10-13,16H,3-9,22H2,1-2H3,(H2,21,26)(H,23,30)(H,24,29)(H,27,28)(H,32,33). The number of aliphatic carboxylic acids is 2. The Bertz CT molecular complexity index is 774. The van der Waals surface area contributed by atoms with Gasteiger partial charge in [-0.15, -0.1) is 0 Å². The lowest BCUT2D eigenvalue weighted by atomic mass is 9.98. The molecule has 5 atom stereocenters. The van der Waals surface area contributed by atoms with Gasteiger partial charge in [-0.3, -0.25) is 24.0 Å². The molecule has 13 nitrogen and oxygen atoms in total. The highest BCUT2D eigenvalue weighted by atomic mass is 16.4. The van der Waals surface area contributed by atoms with Crippen molar-refractivity contribution >= 4 is 35.6 Å². The van der Waals surface area contributed by atoms with Crippen LogP contribution in [0.3, 0.4) is 0 Å². The summed E-state index contributed by atoms with van der Waals surface area (Å²) in [5, 5.41) is 23.0. The molecule has 1 saturated heterocycles. The van der Waals surface area contributed by atoms with Crippen LogP contribution < -0.4 is 22.1 Å². The zero-order valence-electron chi connectivity index (χ0n) is 18.8. The van der Waals surface area contributed by atoms with Gasteiger partial charge in [0.2, 0.25) is 23.6 Å². The number of carbonyl (C=O) groups is 6. The van der Waals surface area contributed by atoms with Crippen LogP contribution >= 0.6 is 0 Å². The average Bonchev–Trinajstić information content (AvgIpc) is 3.23. The van der Waals surface area contributed by atoms with Crippen LogP contribution in [0.1, 0.15) is 52.4 Å². The van der Waals surface area contributed by atoms with Crippen LogP contribution in [0, 0.1) is 5.92 Å². The Morgan fingerprint density at radius 2 is 1.67 bits per heavy atom. The molecule has 1 rings (SSSR count). The molecule has 186 valence electrons. The first-order valence-electron chi connectivity index (χ1n) is 10.8. The highest BCUT2D eigenvalue weighted by Gasteiger charge is 2.39. The Labute approximate surface area is 191 Å².